The van der Waals surface area contributed by atoms with Gasteiger partial charge in [0.1, 0.15) is 0 Å². The van der Waals surface area contributed by atoms with Gasteiger partial charge in [-0.3, -0.25) is 0 Å². The van der Waals surface area contributed by atoms with Gasteiger partial charge in [-0.1, -0.05) is 59.7 Å². The van der Waals surface area contributed by atoms with Crippen LogP contribution in [-0.2, 0) is 10.8 Å². The van der Waals surface area contributed by atoms with Crippen LogP contribution in [0.1, 0.15) is 52.7 Å². The Morgan fingerprint density at radius 1 is 0.708 bits per heavy atom. The van der Waals surface area contributed by atoms with Gasteiger partial charge in [0.15, 0.2) is 11.5 Å². The van der Waals surface area contributed by atoms with Gasteiger partial charge in [0.2, 0.25) is 5.75 Å². The van der Waals surface area contributed by atoms with E-state index < -0.39 is 0 Å². The second-order valence-corrected chi connectivity index (χ2v) is 8.35. The quantitative estimate of drug-likeness (QED) is 0.729. The molecule has 0 aliphatic carbocycles. The van der Waals surface area contributed by atoms with Gasteiger partial charge in [0.05, 0.1) is 7.11 Å². The van der Waals surface area contributed by atoms with Crippen molar-refractivity contribution >= 4 is 0 Å². The summed E-state index contributed by atoms with van der Waals surface area (Å²) in [5.74, 6) is -0.143. The van der Waals surface area contributed by atoms with Crippen molar-refractivity contribution in [1.82, 2.24) is 0 Å². The Labute approximate surface area is 144 Å². The summed E-state index contributed by atoms with van der Waals surface area (Å²) in [5.41, 5.74) is 4.31. The minimum Gasteiger partial charge on any atom is -0.504 e. The first kappa shape index (κ1) is 18.2. The maximum atomic E-state index is 10.0. The molecule has 2 aromatic carbocycles. The van der Waals surface area contributed by atoms with Gasteiger partial charge in [-0.15, -0.1) is 0 Å². The Hall–Kier alpha value is -2.16. The first-order valence-electron chi connectivity index (χ1n) is 8.20. The highest BCUT2D eigenvalue weighted by molar-refractivity contribution is 5.72. The summed E-state index contributed by atoms with van der Waals surface area (Å²) in [6.45, 7) is 13.1. The molecule has 2 N–H and O–H groups in total. The molecule has 130 valence electrons. The van der Waals surface area contributed by atoms with Crippen LogP contribution in [0.4, 0.5) is 0 Å². The molecule has 0 radical (unpaired) electrons. The van der Waals surface area contributed by atoms with Crippen molar-refractivity contribution in [3.63, 3.8) is 0 Å². The second-order valence-electron chi connectivity index (χ2n) is 8.35. The van der Waals surface area contributed by atoms with Crippen molar-refractivity contribution in [3.05, 3.63) is 41.5 Å². The van der Waals surface area contributed by atoms with Crippen LogP contribution in [0.15, 0.2) is 30.3 Å². The lowest BCUT2D eigenvalue weighted by Crippen LogP contribution is -2.16. The third kappa shape index (κ3) is 3.66. The Morgan fingerprint density at radius 2 is 1.17 bits per heavy atom. The van der Waals surface area contributed by atoms with E-state index in [2.05, 4.69) is 59.7 Å². The molecule has 3 nitrogen and oxygen atoms in total. The first-order chi connectivity index (χ1) is 10.9. The first-order valence-corrected chi connectivity index (χ1v) is 8.20. The van der Waals surface area contributed by atoms with Crippen LogP contribution >= 0.6 is 0 Å². The van der Waals surface area contributed by atoms with Gasteiger partial charge in [-0.25, -0.2) is 0 Å². The molecule has 0 fully saturated rings. The molecular formula is C21H28O3. The van der Waals surface area contributed by atoms with Crippen molar-refractivity contribution in [3.8, 4) is 28.4 Å². The Bertz CT molecular complexity index is 715. The number of hydrogen-bond acceptors (Lipinski definition) is 3. The zero-order chi connectivity index (χ0) is 18.3. The largest absolute Gasteiger partial charge is 0.504 e. The number of ether oxygens (including phenoxy) is 1. The van der Waals surface area contributed by atoms with Gasteiger partial charge in [0.25, 0.3) is 0 Å². The summed E-state index contributed by atoms with van der Waals surface area (Å²) < 4.78 is 5.17. The molecule has 0 atom stereocenters. The predicted octanol–water partition coefficient (Wildman–Crippen LogP) is 5.37. The van der Waals surface area contributed by atoms with Crippen LogP contribution < -0.4 is 4.74 Å². The zero-order valence-electron chi connectivity index (χ0n) is 15.7. The molecule has 0 bridgehead atoms. The molecule has 0 amide bonds. The fourth-order valence-electron chi connectivity index (χ4n) is 2.58. The summed E-state index contributed by atoms with van der Waals surface area (Å²) in [5, 5.41) is 19.9. The maximum absolute atomic E-state index is 10.0. The summed E-state index contributed by atoms with van der Waals surface area (Å²) in [6, 6.07) is 9.86. The van der Waals surface area contributed by atoms with Gasteiger partial charge < -0.3 is 14.9 Å². The van der Waals surface area contributed by atoms with Crippen molar-refractivity contribution < 1.29 is 14.9 Å². The van der Waals surface area contributed by atoms with Crippen LogP contribution in [0.3, 0.4) is 0 Å². The summed E-state index contributed by atoms with van der Waals surface area (Å²) >= 11 is 0. The van der Waals surface area contributed by atoms with E-state index in [0.717, 1.165) is 11.1 Å². The summed E-state index contributed by atoms with van der Waals surface area (Å²) in [6.07, 6.45) is 0. The third-order valence-corrected chi connectivity index (χ3v) is 4.27. The van der Waals surface area contributed by atoms with E-state index in [1.54, 1.807) is 12.1 Å². The minimum absolute atomic E-state index is 0.0130. The molecule has 2 aromatic rings. The number of phenolic OH excluding ortho intramolecular Hbond substituents is 2. The smallest absolute Gasteiger partial charge is 0.200 e. The Morgan fingerprint density at radius 3 is 1.58 bits per heavy atom. The Kier molecular flexibility index (Phi) is 4.58. The molecular weight excluding hydrogens is 300 g/mol. The van der Waals surface area contributed by atoms with Gasteiger partial charge >= 0.3 is 0 Å². The van der Waals surface area contributed by atoms with Gasteiger partial charge in [0, 0.05) is 0 Å². The van der Waals surface area contributed by atoms with Crippen molar-refractivity contribution in [2.75, 3.05) is 7.11 Å². The number of aromatic hydroxyl groups is 2. The molecule has 0 unspecified atom stereocenters. The van der Waals surface area contributed by atoms with E-state index >= 15 is 0 Å². The maximum Gasteiger partial charge on any atom is 0.200 e. The van der Waals surface area contributed by atoms with Gasteiger partial charge in [-0.05, 0) is 45.2 Å². The van der Waals surface area contributed by atoms with E-state index in [-0.39, 0.29) is 28.1 Å². The molecule has 0 saturated heterocycles. The normalized spacial score (nSPS) is 12.3. The number of phenols is 2. The van der Waals surface area contributed by atoms with E-state index in [4.69, 9.17) is 4.74 Å². The summed E-state index contributed by atoms with van der Waals surface area (Å²) in [4.78, 5) is 0. The number of hydrogen-bond donors (Lipinski definition) is 2. The Balaban J connectivity index is 2.72. The molecule has 24 heavy (non-hydrogen) atoms. The highest BCUT2D eigenvalue weighted by atomic mass is 16.5. The summed E-state index contributed by atoms with van der Waals surface area (Å²) in [7, 11) is 1.48. The molecule has 0 heterocycles. The van der Waals surface area contributed by atoms with Crippen molar-refractivity contribution in [2.24, 2.45) is 0 Å². The average molecular weight is 328 g/mol. The number of methoxy groups -OCH3 is 1. The van der Waals surface area contributed by atoms with Gasteiger partial charge in [-0.2, -0.15) is 0 Å². The van der Waals surface area contributed by atoms with Crippen LogP contribution in [0.25, 0.3) is 11.1 Å². The van der Waals surface area contributed by atoms with Crippen LogP contribution in [-0.4, -0.2) is 17.3 Å². The zero-order valence-corrected chi connectivity index (χ0v) is 15.7. The third-order valence-electron chi connectivity index (χ3n) is 4.27. The fourth-order valence-corrected chi connectivity index (χ4v) is 2.58. The van der Waals surface area contributed by atoms with Crippen molar-refractivity contribution in [1.29, 1.82) is 0 Å². The minimum atomic E-state index is -0.232. The highest BCUT2D eigenvalue weighted by Crippen LogP contribution is 2.41. The molecule has 0 aliphatic heterocycles. The number of benzene rings is 2. The fraction of sp³-hybridized carbons (Fsp3) is 0.429. The van der Waals surface area contributed by atoms with E-state index in [1.165, 1.54) is 18.2 Å². The SMILES string of the molecule is COc1cc(-c2cc(C(C)(C)C)cc(C(C)(C)C)c2)cc(O)c1O. The lowest BCUT2D eigenvalue weighted by molar-refractivity contribution is 0.351. The standard InChI is InChI=1S/C21H28O3/c1-20(2,3)15-8-13(9-16(12-15)21(4,5)6)14-10-17(22)19(23)18(11-14)24-7/h8-12,22-23H,1-7H3. The molecule has 0 aliphatic rings. The molecule has 2 rings (SSSR count). The van der Waals surface area contributed by atoms with Crippen LogP contribution in [0.5, 0.6) is 17.2 Å². The molecule has 3 heteroatoms. The topological polar surface area (TPSA) is 49.7 Å². The molecule has 0 aromatic heterocycles. The highest BCUT2D eigenvalue weighted by Gasteiger charge is 2.21. The lowest BCUT2D eigenvalue weighted by atomic mass is 9.79. The number of rotatable bonds is 2. The van der Waals surface area contributed by atoms with Crippen molar-refractivity contribution in [2.45, 2.75) is 52.4 Å². The molecule has 0 saturated carbocycles. The molecule has 0 spiro atoms. The van der Waals surface area contributed by atoms with Crippen LogP contribution in [0.2, 0.25) is 0 Å². The van der Waals surface area contributed by atoms with E-state index in [1.807, 2.05) is 0 Å². The monoisotopic (exact) mass is 328 g/mol. The predicted molar refractivity (Wildman–Crippen MR) is 99.2 cm³/mol. The van der Waals surface area contributed by atoms with E-state index in [0.29, 0.717) is 0 Å². The van der Waals surface area contributed by atoms with Crippen LogP contribution in [0, 0.1) is 0 Å². The van der Waals surface area contributed by atoms with E-state index in [9.17, 15) is 10.2 Å². The lowest BCUT2D eigenvalue weighted by Gasteiger charge is -2.26. The average Bonchev–Trinajstić information content (AvgIpc) is 2.47. The second kappa shape index (κ2) is 6.04.